The fraction of sp³-hybridized carbons (Fsp3) is 1.00. The Labute approximate surface area is 74.6 Å². The summed E-state index contributed by atoms with van der Waals surface area (Å²) in [6, 6.07) is -0.00926. The van der Waals surface area contributed by atoms with Gasteiger partial charge in [0.05, 0.1) is 12.7 Å². The first-order chi connectivity index (χ1) is 5.70. The zero-order valence-corrected chi connectivity index (χ0v) is 7.87. The molecule has 74 valence electrons. The third kappa shape index (κ3) is 6.58. The molecule has 0 amide bonds. The van der Waals surface area contributed by atoms with Crippen molar-refractivity contribution in [3.63, 3.8) is 0 Å². The number of aliphatic hydroxyl groups excluding tert-OH is 2. The molecule has 0 saturated heterocycles. The second-order valence-corrected chi connectivity index (χ2v) is 3.29. The van der Waals surface area contributed by atoms with Crippen LogP contribution in [0.3, 0.4) is 0 Å². The van der Waals surface area contributed by atoms with Crippen molar-refractivity contribution in [3.05, 3.63) is 0 Å². The Kier molecular flexibility index (Phi) is 7.45. The van der Waals surface area contributed by atoms with Gasteiger partial charge in [-0.15, -0.1) is 0 Å². The van der Waals surface area contributed by atoms with Crippen molar-refractivity contribution in [2.45, 2.75) is 51.2 Å². The van der Waals surface area contributed by atoms with Gasteiger partial charge < -0.3 is 15.9 Å². The molecule has 0 aromatic rings. The molecule has 0 spiro atoms. The van der Waals surface area contributed by atoms with E-state index in [1.165, 1.54) is 12.8 Å². The first-order valence-corrected chi connectivity index (χ1v) is 4.75. The van der Waals surface area contributed by atoms with Crippen LogP contribution in [0.5, 0.6) is 0 Å². The number of nitrogens with two attached hydrogens (primary N) is 1. The van der Waals surface area contributed by atoms with E-state index in [-0.39, 0.29) is 18.8 Å². The smallest absolute Gasteiger partial charge is 0.0582 e. The van der Waals surface area contributed by atoms with Crippen LogP contribution in [0.15, 0.2) is 0 Å². The molecule has 0 heterocycles. The van der Waals surface area contributed by atoms with Gasteiger partial charge in [0.15, 0.2) is 0 Å². The van der Waals surface area contributed by atoms with Crippen LogP contribution in [0.2, 0.25) is 0 Å². The van der Waals surface area contributed by atoms with E-state index in [1.807, 2.05) is 6.92 Å². The van der Waals surface area contributed by atoms with E-state index >= 15 is 0 Å². The van der Waals surface area contributed by atoms with Crippen LogP contribution < -0.4 is 5.73 Å². The monoisotopic (exact) mass is 175 g/mol. The summed E-state index contributed by atoms with van der Waals surface area (Å²) < 4.78 is 0. The third-order valence-corrected chi connectivity index (χ3v) is 2.08. The summed E-state index contributed by atoms with van der Waals surface area (Å²) in [4.78, 5) is 0. The molecule has 0 aromatic carbocycles. The Balaban J connectivity index is 0.000000202. The van der Waals surface area contributed by atoms with Crippen molar-refractivity contribution in [1.82, 2.24) is 0 Å². The summed E-state index contributed by atoms with van der Waals surface area (Å²) in [5, 5.41) is 16.9. The summed E-state index contributed by atoms with van der Waals surface area (Å²) in [6.45, 7) is 2.05. The van der Waals surface area contributed by atoms with E-state index in [2.05, 4.69) is 0 Å². The van der Waals surface area contributed by atoms with Gasteiger partial charge >= 0.3 is 0 Å². The molecule has 3 nitrogen and oxygen atoms in total. The van der Waals surface area contributed by atoms with Crippen LogP contribution in [0.1, 0.15) is 39.0 Å². The molecule has 3 heteroatoms. The Hall–Kier alpha value is -0.120. The average molecular weight is 175 g/mol. The molecule has 0 bridgehead atoms. The normalized spacial score (nSPS) is 20.0. The van der Waals surface area contributed by atoms with E-state index in [0.29, 0.717) is 0 Å². The van der Waals surface area contributed by atoms with Gasteiger partial charge in [-0.1, -0.05) is 19.8 Å². The predicted molar refractivity (Wildman–Crippen MR) is 49.8 cm³/mol. The SMILES string of the molecule is CCC(N)CO.OC1CCCC1. The first kappa shape index (κ1) is 11.9. The maximum absolute atomic E-state index is 8.73. The molecule has 1 unspecified atom stereocenters. The number of hydrogen-bond donors (Lipinski definition) is 3. The molecule has 12 heavy (non-hydrogen) atoms. The quantitative estimate of drug-likeness (QED) is 0.577. The summed E-state index contributed by atoms with van der Waals surface area (Å²) in [5.74, 6) is 0. The topological polar surface area (TPSA) is 66.5 Å². The molecule has 0 radical (unpaired) electrons. The molecule has 1 atom stereocenters. The van der Waals surface area contributed by atoms with Crippen molar-refractivity contribution < 1.29 is 10.2 Å². The summed E-state index contributed by atoms with van der Waals surface area (Å²) in [6.07, 6.45) is 5.46. The number of hydrogen-bond acceptors (Lipinski definition) is 3. The zero-order valence-electron chi connectivity index (χ0n) is 7.87. The largest absolute Gasteiger partial charge is 0.395 e. The molecule has 0 aliphatic heterocycles. The molecule has 1 aliphatic carbocycles. The third-order valence-electron chi connectivity index (χ3n) is 2.08. The van der Waals surface area contributed by atoms with E-state index in [1.54, 1.807) is 0 Å². The molecular formula is C9H21NO2. The minimum Gasteiger partial charge on any atom is -0.395 e. The fourth-order valence-corrected chi connectivity index (χ4v) is 1.03. The lowest BCUT2D eigenvalue weighted by atomic mass is 10.3. The van der Waals surface area contributed by atoms with E-state index in [0.717, 1.165) is 19.3 Å². The standard InChI is InChI=1S/C5H10O.C4H11NO/c6-5-3-1-2-4-5;1-2-4(5)3-6/h5-6H,1-4H2;4,6H,2-3,5H2,1H3. The lowest BCUT2D eigenvalue weighted by Crippen LogP contribution is -2.22. The van der Waals surface area contributed by atoms with Crippen molar-refractivity contribution in [1.29, 1.82) is 0 Å². The summed E-state index contributed by atoms with van der Waals surface area (Å²) >= 11 is 0. The molecule has 1 rings (SSSR count). The Morgan fingerprint density at radius 3 is 2.00 bits per heavy atom. The molecule has 1 aliphatic rings. The zero-order chi connectivity index (χ0) is 9.40. The lowest BCUT2D eigenvalue weighted by Gasteiger charge is -1.98. The highest BCUT2D eigenvalue weighted by Crippen LogP contribution is 2.16. The van der Waals surface area contributed by atoms with Gasteiger partial charge in [0.2, 0.25) is 0 Å². The van der Waals surface area contributed by atoms with Gasteiger partial charge in [0.1, 0.15) is 0 Å². The van der Waals surface area contributed by atoms with Crippen LogP contribution in [0.25, 0.3) is 0 Å². The van der Waals surface area contributed by atoms with Gasteiger partial charge in [0.25, 0.3) is 0 Å². The molecule has 0 aromatic heterocycles. The minimum atomic E-state index is -0.00926. The highest BCUT2D eigenvalue weighted by Gasteiger charge is 2.09. The average Bonchev–Trinajstić information content (AvgIpc) is 2.55. The fourth-order valence-electron chi connectivity index (χ4n) is 1.03. The van der Waals surface area contributed by atoms with Gasteiger partial charge in [-0.05, 0) is 19.3 Å². The lowest BCUT2D eigenvalue weighted by molar-refractivity contribution is 0.183. The van der Waals surface area contributed by atoms with Crippen LogP contribution in [-0.4, -0.2) is 29.0 Å². The van der Waals surface area contributed by atoms with Crippen molar-refractivity contribution in [2.75, 3.05) is 6.61 Å². The minimum absolute atomic E-state index is 0.00926. The second kappa shape index (κ2) is 7.53. The van der Waals surface area contributed by atoms with Crippen molar-refractivity contribution in [2.24, 2.45) is 5.73 Å². The molecule has 4 N–H and O–H groups in total. The Morgan fingerprint density at radius 2 is 1.92 bits per heavy atom. The highest BCUT2D eigenvalue weighted by atomic mass is 16.3. The van der Waals surface area contributed by atoms with Gasteiger partial charge in [-0.3, -0.25) is 0 Å². The Morgan fingerprint density at radius 1 is 1.42 bits per heavy atom. The second-order valence-electron chi connectivity index (χ2n) is 3.29. The predicted octanol–water partition coefficient (Wildman–Crippen LogP) is 0.637. The maximum Gasteiger partial charge on any atom is 0.0582 e. The van der Waals surface area contributed by atoms with Crippen LogP contribution >= 0.6 is 0 Å². The molecular weight excluding hydrogens is 154 g/mol. The van der Waals surface area contributed by atoms with Crippen LogP contribution in [0.4, 0.5) is 0 Å². The highest BCUT2D eigenvalue weighted by molar-refractivity contribution is 4.63. The number of aliphatic hydroxyl groups is 2. The first-order valence-electron chi connectivity index (χ1n) is 4.75. The van der Waals surface area contributed by atoms with Gasteiger partial charge in [-0.25, -0.2) is 0 Å². The molecule has 1 fully saturated rings. The summed E-state index contributed by atoms with van der Waals surface area (Å²) in [5.41, 5.74) is 5.22. The Bertz CT molecular complexity index is 88.5. The van der Waals surface area contributed by atoms with Crippen molar-refractivity contribution >= 4 is 0 Å². The molecule has 1 saturated carbocycles. The van der Waals surface area contributed by atoms with Crippen LogP contribution in [-0.2, 0) is 0 Å². The van der Waals surface area contributed by atoms with Crippen molar-refractivity contribution in [3.8, 4) is 0 Å². The number of rotatable bonds is 2. The summed E-state index contributed by atoms with van der Waals surface area (Å²) in [7, 11) is 0. The van der Waals surface area contributed by atoms with Gasteiger partial charge in [0, 0.05) is 6.04 Å². The van der Waals surface area contributed by atoms with E-state index in [9.17, 15) is 0 Å². The maximum atomic E-state index is 8.73. The van der Waals surface area contributed by atoms with Crippen LogP contribution in [0, 0.1) is 0 Å². The van der Waals surface area contributed by atoms with E-state index in [4.69, 9.17) is 15.9 Å². The van der Waals surface area contributed by atoms with Gasteiger partial charge in [-0.2, -0.15) is 0 Å². The van der Waals surface area contributed by atoms with E-state index < -0.39 is 0 Å².